The standard InChI is InChI=1S/C33H63N7.ClH/c34-14-13-33(27-4-1-21-38(24-27)30-7-15-35-16-8-30,28-5-2-22-39(25-28)31-9-17-36-18-10-31)29-6-3-23-40(26-29)32-11-19-37-20-12-32;/h27-32,35-37H,1-26,34H2;1H. The summed E-state index contributed by atoms with van der Waals surface area (Å²) in [4.78, 5) is 8.92. The molecule has 6 aliphatic rings. The van der Waals surface area contributed by atoms with E-state index in [0.29, 0.717) is 5.41 Å². The minimum Gasteiger partial charge on any atom is -0.330 e. The average molecular weight is 594 g/mol. The lowest BCUT2D eigenvalue weighted by Crippen LogP contribution is -2.61. The van der Waals surface area contributed by atoms with Gasteiger partial charge in [-0.05, 0) is 172 Å². The summed E-state index contributed by atoms with van der Waals surface area (Å²) in [6.07, 6.45) is 17.8. The van der Waals surface area contributed by atoms with Gasteiger partial charge in [-0.1, -0.05) is 0 Å². The zero-order valence-electron chi connectivity index (χ0n) is 26.2. The molecule has 6 aliphatic heterocycles. The van der Waals surface area contributed by atoms with Gasteiger partial charge < -0.3 is 21.7 Å². The van der Waals surface area contributed by atoms with Crippen LogP contribution in [0.1, 0.15) is 83.5 Å². The molecule has 238 valence electrons. The van der Waals surface area contributed by atoms with Crippen molar-refractivity contribution in [1.82, 2.24) is 30.7 Å². The Kier molecular flexibility index (Phi) is 12.5. The van der Waals surface area contributed by atoms with Crippen LogP contribution in [0.5, 0.6) is 0 Å². The number of halogens is 1. The van der Waals surface area contributed by atoms with Crippen LogP contribution in [-0.4, -0.2) is 118 Å². The first-order chi connectivity index (χ1) is 19.8. The first kappa shape index (κ1) is 32.4. The van der Waals surface area contributed by atoms with Crippen molar-refractivity contribution >= 4 is 12.4 Å². The minimum atomic E-state index is 0. The van der Waals surface area contributed by atoms with Gasteiger partial charge in [-0.15, -0.1) is 12.4 Å². The number of nitrogens with one attached hydrogen (secondary N) is 3. The van der Waals surface area contributed by atoms with Crippen molar-refractivity contribution < 1.29 is 0 Å². The van der Waals surface area contributed by atoms with Crippen LogP contribution in [0.2, 0.25) is 0 Å². The second-order valence-corrected chi connectivity index (χ2v) is 14.6. The van der Waals surface area contributed by atoms with E-state index in [9.17, 15) is 0 Å². The molecule has 6 saturated heterocycles. The summed E-state index contributed by atoms with van der Waals surface area (Å²) in [5.74, 6) is 2.45. The normalized spacial score (nSPS) is 34.6. The molecule has 6 rings (SSSR count). The van der Waals surface area contributed by atoms with Crippen molar-refractivity contribution in [2.24, 2.45) is 28.9 Å². The minimum absolute atomic E-state index is 0. The molecule has 6 fully saturated rings. The van der Waals surface area contributed by atoms with Crippen molar-refractivity contribution in [3.05, 3.63) is 0 Å². The summed E-state index contributed by atoms with van der Waals surface area (Å²) in [6.45, 7) is 16.2. The summed E-state index contributed by atoms with van der Waals surface area (Å²) < 4.78 is 0. The Bertz CT molecular complexity index is 659. The van der Waals surface area contributed by atoms with Crippen LogP contribution in [0.25, 0.3) is 0 Å². The number of nitrogens with two attached hydrogens (primary N) is 1. The largest absolute Gasteiger partial charge is 0.330 e. The maximum Gasteiger partial charge on any atom is 0.0119 e. The Morgan fingerprint density at radius 3 is 1.12 bits per heavy atom. The third-order valence-electron chi connectivity index (χ3n) is 12.7. The van der Waals surface area contributed by atoms with Gasteiger partial charge in [-0.2, -0.15) is 0 Å². The van der Waals surface area contributed by atoms with Gasteiger partial charge >= 0.3 is 0 Å². The average Bonchev–Trinajstić information content (AvgIpc) is 3.05. The lowest BCUT2D eigenvalue weighted by Gasteiger charge is -2.59. The van der Waals surface area contributed by atoms with E-state index in [1.165, 1.54) is 162 Å². The number of hydrogen-bond donors (Lipinski definition) is 4. The van der Waals surface area contributed by atoms with E-state index in [0.717, 1.165) is 42.4 Å². The third-order valence-corrected chi connectivity index (χ3v) is 12.7. The van der Waals surface area contributed by atoms with Gasteiger partial charge in [-0.3, -0.25) is 14.7 Å². The van der Waals surface area contributed by atoms with Crippen LogP contribution in [0.4, 0.5) is 0 Å². The summed E-state index contributed by atoms with van der Waals surface area (Å²) in [5, 5.41) is 10.9. The molecule has 3 unspecified atom stereocenters. The maximum absolute atomic E-state index is 6.70. The Labute approximate surface area is 258 Å². The predicted molar refractivity (Wildman–Crippen MR) is 174 cm³/mol. The Balaban J connectivity index is 0.00000337. The molecule has 0 saturated carbocycles. The zero-order valence-corrected chi connectivity index (χ0v) is 27.0. The number of likely N-dealkylation sites (tertiary alicyclic amines) is 3. The van der Waals surface area contributed by atoms with Crippen LogP contribution in [0, 0.1) is 23.2 Å². The zero-order chi connectivity index (χ0) is 27.2. The maximum atomic E-state index is 6.70. The molecular weight excluding hydrogens is 530 g/mol. The highest BCUT2D eigenvalue weighted by molar-refractivity contribution is 5.85. The number of hydrogen-bond acceptors (Lipinski definition) is 7. The second-order valence-electron chi connectivity index (χ2n) is 14.6. The van der Waals surface area contributed by atoms with Crippen molar-refractivity contribution in [3.63, 3.8) is 0 Å². The number of rotatable bonds is 8. The van der Waals surface area contributed by atoms with Gasteiger partial charge in [0.2, 0.25) is 0 Å². The Morgan fingerprint density at radius 1 is 0.512 bits per heavy atom. The van der Waals surface area contributed by atoms with E-state index in [1.54, 1.807) is 0 Å². The molecule has 6 heterocycles. The summed E-state index contributed by atoms with van der Waals surface area (Å²) in [5.41, 5.74) is 7.10. The Hall–Kier alpha value is 0.01000. The van der Waals surface area contributed by atoms with Crippen LogP contribution in [-0.2, 0) is 0 Å². The lowest BCUT2D eigenvalue weighted by molar-refractivity contribution is -0.0998. The van der Waals surface area contributed by atoms with Crippen LogP contribution in [0.15, 0.2) is 0 Å². The van der Waals surface area contributed by atoms with Gasteiger partial charge in [0.05, 0.1) is 0 Å². The molecule has 0 spiro atoms. The molecule has 0 aromatic carbocycles. The molecule has 0 aliphatic carbocycles. The highest BCUT2D eigenvalue weighted by Gasteiger charge is 2.53. The quantitative estimate of drug-likeness (QED) is 0.345. The molecular formula is C33H64ClN7. The van der Waals surface area contributed by atoms with E-state index in [-0.39, 0.29) is 12.4 Å². The number of piperidine rings is 6. The van der Waals surface area contributed by atoms with Crippen molar-refractivity contribution in [2.45, 2.75) is 102 Å². The second kappa shape index (κ2) is 15.8. The van der Waals surface area contributed by atoms with E-state index in [1.807, 2.05) is 0 Å². The van der Waals surface area contributed by atoms with E-state index in [2.05, 4.69) is 30.7 Å². The molecule has 0 aromatic rings. The third kappa shape index (κ3) is 7.46. The SMILES string of the molecule is Cl.NCCC(C1CCCN(C2CCNCC2)C1)(C1CCCN(C2CCNCC2)C1)C1CCCN(C2CCNCC2)C1. The van der Waals surface area contributed by atoms with Gasteiger partial charge in [-0.25, -0.2) is 0 Å². The van der Waals surface area contributed by atoms with Gasteiger partial charge in [0.1, 0.15) is 0 Å². The predicted octanol–water partition coefficient (Wildman–Crippen LogP) is 3.14. The van der Waals surface area contributed by atoms with Gasteiger partial charge in [0.25, 0.3) is 0 Å². The van der Waals surface area contributed by atoms with E-state index >= 15 is 0 Å². The molecule has 0 radical (unpaired) electrons. The molecule has 8 heteroatoms. The van der Waals surface area contributed by atoms with E-state index in [4.69, 9.17) is 5.73 Å². The van der Waals surface area contributed by atoms with Gasteiger partial charge in [0, 0.05) is 37.8 Å². The lowest BCUT2D eigenvalue weighted by atomic mass is 9.53. The molecule has 41 heavy (non-hydrogen) atoms. The summed E-state index contributed by atoms with van der Waals surface area (Å²) in [6, 6.07) is 2.40. The van der Waals surface area contributed by atoms with Gasteiger partial charge in [0.15, 0.2) is 0 Å². The molecule has 5 N–H and O–H groups in total. The highest BCUT2D eigenvalue weighted by Crippen LogP contribution is 2.54. The number of nitrogens with zero attached hydrogens (tertiary/aromatic N) is 3. The monoisotopic (exact) mass is 593 g/mol. The van der Waals surface area contributed by atoms with Crippen molar-refractivity contribution in [1.29, 1.82) is 0 Å². The molecule has 0 amide bonds. The fourth-order valence-electron chi connectivity index (χ4n) is 10.7. The first-order valence-corrected chi connectivity index (χ1v) is 17.8. The fraction of sp³-hybridized carbons (Fsp3) is 1.00. The van der Waals surface area contributed by atoms with Crippen LogP contribution >= 0.6 is 12.4 Å². The molecule has 3 atom stereocenters. The molecule has 0 aromatic heterocycles. The van der Waals surface area contributed by atoms with Crippen LogP contribution < -0.4 is 21.7 Å². The summed E-state index contributed by atoms with van der Waals surface area (Å²) >= 11 is 0. The van der Waals surface area contributed by atoms with Crippen molar-refractivity contribution in [3.8, 4) is 0 Å². The fourth-order valence-corrected chi connectivity index (χ4v) is 10.7. The Morgan fingerprint density at radius 2 is 0.829 bits per heavy atom. The van der Waals surface area contributed by atoms with Crippen molar-refractivity contribution in [2.75, 3.05) is 85.1 Å². The highest BCUT2D eigenvalue weighted by atomic mass is 35.5. The smallest absolute Gasteiger partial charge is 0.0119 e. The molecule has 0 bridgehead atoms. The first-order valence-electron chi connectivity index (χ1n) is 17.8. The summed E-state index contributed by atoms with van der Waals surface area (Å²) in [7, 11) is 0. The van der Waals surface area contributed by atoms with Crippen LogP contribution in [0.3, 0.4) is 0 Å². The topological polar surface area (TPSA) is 71.8 Å². The van der Waals surface area contributed by atoms with E-state index < -0.39 is 0 Å². The molecule has 7 nitrogen and oxygen atoms in total.